The third kappa shape index (κ3) is 3.04. The minimum Gasteiger partial charge on any atom is -0.372 e. The molecular formula is C15H17FN4O2S. The highest BCUT2D eigenvalue weighted by Crippen LogP contribution is 2.35. The van der Waals surface area contributed by atoms with E-state index in [1.54, 1.807) is 19.4 Å². The number of sulfonamides is 1. The van der Waals surface area contributed by atoms with Gasteiger partial charge in [0.2, 0.25) is 10.0 Å². The molecule has 1 aromatic carbocycles. The molecule has 0 aliphatic carbocycles. The van der Waals surface area contributed by atoms with Crippen LogP contribution >= 0.6 is 0 Å². The first-order valence-electron chi connectivity index (χ1n) is 7.29. The van der Waals surface area contributed by atoms with Gasteiger partial charge < -0.3 is 5.32 Å². The van der Waals surface area contributed by atoms with Gasteiger partial charge in [-0.25, -0.2) is 17.8 Å². The number of benzene rings is 1. The standard InChI is InChI=1S/C15H17FN4O2S/c1-17-15-10-18-9-13(19-15)14-3-2-8-20(14)23(21,22)12-6-4-11(16)5-7-12/h4-7,9-10,14H,2-3,8H2,1H3,(H,17,19). The average molecular weight is 336 g/mol. The second kappa shape index (κ2) is 6.21. The lowest BCUT2D eigenvalue weighted by Gasteiger charge is -2.23. The quantitative estimate of drug-likeness (QED) is 0.926. The summed E-state index contributed by atoms with van der Waals surface area (Å²) in [6, 6.07) is 4.52. The van der Waals surface area contributed by atoms with Crippen molar-refractivity contribution in [2.45, 2.75) is 23.8 Å². The van der Waals surface area contributed by atoms with Crippen molar-refractivity contribution in [1.29, 1.82) is 0 Å². The molecule has 0 radical (unpaired) electrons. The zero-order valence-electron chi connectivity index (χ0n) is 12.6. The van der Waals surface area contributed by atoms with Crippen LogP contribution in [0.25, 0.3) is 0 Å². The largest absolute Gasteiger partial charge is 0.372 e. The number of halogens is 1. The number of nitrogens with one attached hydrogen (secondary N) is 1. The Bertz CT molecular complexity index is 795. The second-order valence-electron chi connectivity index (χ2n) is 5.31. The summed E-state index contributed by atoms with van der Waals surface area (Å²) in [5.41, 5.74) is 0.611. The third-order valence-electron chi connectivity index (χ3n) is 3.87. The van der Waals surface area contributed by atoms with Gasteiger partial charge in [0, 0.05) is 13.6 Å². The van der Waals surface area contributed by atoms with E-state index in [0.717, 1.165) is 18.6 Å². The van der Waals surface area contributed by atoms with E-state index in [2.05, 4.69) is 15.3 Å². The molecule has 2 heterocycles. The predicted molar refractivity (Wildman–Crippen MR) is 83.8 cm³/mol. The van der Waals surface area contributed by atoms with Gasteiger partial charge in [0.15, 0.2) is 0 Å². The van der Waals surface area contributed by atoms with E-state index in [1.165, 1.54) is 16.4 Å². The number of rotatable bonds is 4. The fraction of sp³-hybridized carbons (Fsp3) is 0.333. The van der Waals surface area contributed by atoms with Crippen molar-refractivity contribution in [3.05, 3.63) is 48.2 Å². The van der Waals surface area contributed by atoms with Crippen molar-refractivity contribution >= 4 is 15.8 Å². The number of hydrogen-bond donors (Lipinski definition) is 1. The Balaban J connectivity index is 1.96. The van der Waals surface area contributed by atoms with Crippen molar-refractivity contribution in [1.82, 2.24) is 14.3 Å². The van der Waals surface area contributed by atoms with Crippen molar-refractivity contribution in [3.63, 3.8) is 0 Å². The molecule has 1 aliphatic heterocycles. The summed E-state index contributed by atoms with van der Waals surface area (Å²) < 4.78 is 40.1. The smallest absolute Gasteiger partial charge is 0.243 e. The molecule has 1 saturated heterocycles. The number of aromatic nitrogens is 2. The van der Waals surface area contributed by atoms with Crippen LogP contribution in [0.15, 0.2) is 41.6 Å². The van der Waals surface area contributed by atoms with E-state index >= 15 is 0 Å². The Kier molecular flexibility index (Phi) is 4.27. The molecule has 122 valence electrons. The molecule has 1 aliphatic rings. The molecule has 0 bridgehead atoms. The van der Waals surface area contributed by atoms with Gasteiger partial charge in [-0.15, -0.1) is 0 Å². The highest BCUT2D eigenvalue weighted by atomic mass is 32.2. The molecule has 1 N–H and O–H groups in total. The molecule has 6 nitrogen and oxygen atoms in total. The lowest BCUT2D eigenvalue weighted by Crippen LogP contribution is -2.31. The summed E-state index contributed by atoms with van der Waals surface area (Å²) in [6.45, 7) is 0.413. The lowest BCUT2D eigenvalue weighted by atomic mass is 10.2. The van der Waals surface area contributed by atoms with Gasteiger partial charge >= 0.3 is 0 Å². The molecular weight excluding hydrogens is 319 g/mol. The maximum absolute atomic E-state index is 13.0. The molecule has 1 unspecified atom stereocenters. The van der Waals surface area contributed by atoms with E-state index in [-0.39, 0.29) is 10.9 Å². The van der Waals surface area contributed by atoms with Crippen LogP contribution in [0.3, 0.4) is 0 Å². The Morgan fingerprint density at radius 3 is 2.70 bits per heavy atom. The first kappa shape index (κ1) is 15.8. The van der Waals surface area contributed by atoms with Crippen LogP contribution in [0.4, 0.5) is 10.2 Å². The van der Waals surface area contributed by atoms with Gasteiger partial charge in [-0.3, -0.25) is 4.98 Å². The van der Waals surface area contributed by atoms with E-state index < -0.39 is 15.8 Å². The number of hydrogen-bond acceptors (Lipinski definition) is 5. The normalized spacial score (nSPS) is 19.0. The zero-order valence-corrected chi connectivity index (χ0v) is 13.4. The third-order valence-corrected chi connectivity index (χ3v) is 5.80. The maximum atomic E-state index is 13.0. The predicted octanol–water partition coefficient (Wildman–Crippen LogP) is 2.18. The van der Waals surface area contributed by atoms with Crippen molar-refractivity contribution < 1.29 is 12.8 Å². The average Bonchev–Trinajstić information content (AvgIpc) is 3.06. The van der Waals surface area contributed by atoms with Gasteiger partial charge in [0.25, 0.3) is 0 Å². The molecule has 0 spiro atoms. The Hall–Kier alpha value is -2.06. The summed E-state index contributed by atoms with van der Waals surface area (Å²) in [7, 11) is -1.96. The van der Waals surface area contributed by atoms with Crippen LogP contribution < -0.4 is 5.32 Å². The maximum Gasteiger partial charge on any atom is 0.243 e. The van der Waals surface area contributed by atoms with Crippen molar-refractivity contribution in [2.24, 2.45) is 0 Å². The molecule has 23 heavy (non-hydrogen) atoms. The highest BCUT2D eigenvalue weighted by Gasteiger charge is 2.37. The van der Waals surface area contributed by atoms with Gasteiger partial charge in [-0.2, -0.15) is 4.31 Å². The van der Waals surface area contributed by atoms with Crippen LogP contribution in [0.1, 0.15) is 24.6 Å². The molecule has 1 aromatic heterocycles. The van der Waals surface area contributed by atoms with Gasteiger partial charge in [0.05, 0.1) is 29.0 Å². The summed E-state index contributed by atoms with van der Waals surface area (Å²) in [5.74, 6) is 0.128. The van der Waals surface area contributed by atoms with E-state index in [1.807, 2.05) is 0 Å². The van der Waals surface area contributed by atoms with Gasteiger partial charge in [-0.05, 0) is 37.1 Å². The topological polar surface area (TPSA) is 75.2 Å². The number of nitrogens with zero attached hydrogens (tertiary/aromatic N) is 3. The lowest BCUT2D eigenvalue weighted by molar-refractivity contribution is 0.390. The Labute approximate surface area is 134 Å². The minimum atomic E-state index is -3.69. The molecule has 3 rings (SSSR count). The Morgan fingerprint density at radius 1 is 1.26 bits per heavy atom. The van der Waals surface area contributed by atoms with Crippen molar-refractivity contribution in [2.75, 3.05) is 18.9 Å². The first-order valence-corrected chi connectivity index (χ1v) is 8.73. The van der Waals surface area contributed by atoms with Crippen LogP contribution in [-0.2, 0) is 10.0 Å². The van der Waals surface area contributed by atoms with Crippen molar-refractivity contribution in [3.8, 4) is 0 Å². The monoisotopic (exact) mass is 336 g/mol. The summed E-state index contributed by atoms with van der Waals surface area (Å²) >= 11 is 0. The SMILES string of the molecule is CNc1cncc(C2CCCN2S(=O)(=O)c2ccc(F)cc2)n1. The molecule has 0 amide bonds. The van der Waals surface area contributed by atoms with Gasteiger partial charge in [0.1, 0.15) is 11.6 Å². The van der Waals surface area contributed by atoms with E-state index in [9.17, 15) is 12.8 Å². The summed E-state index contributed by atoms with van der Waals surface area (Å²) in [5, 5.41) is 2.90. The molecule has 1 atom stereocenters. The Morgan fingerprint density at radius 2 is 2.00 bits per heavy atom. The molecule has 1 fully saturated rings. The second-order valence-corrected chi connectivity index (χ2v) is 7.20. The molecule has 0 saturated carbocycles. The first-order chi connectivity index (χ1) is 11.0. The van der Waals surface area contributed by atoms with E-state index in [0.29, 0.717) is 24.5 Å². The highest BCUT2D eigenvalue weighted by molar-refractivity contribution is 7.89. The number of anilines is 1. The van der Waals surface area contributed by atoms with E-state index in [4.69, 9.17) is 0 Å². The van der Waals surface area contributed by atoms with Crippen LogP contribution in [0.2, 0.25) is 0 Å². The minimum absolute atomic E-state index is 0.0866. The summed E-state index contributed by atoms with van der Waals surface area (Å²) in [4.78, 5) is 8.60. The van der Waals surface area contributed by atoms with Crippen LogP contribution in [0, 0.1) is 5.82 Å². The fourth-order valence-corrected chi connectivity index (χ4v) is 4.40. The zero-order chi connectivity index (χ0) is 16.4. The molecule has 8 heteroatoms. The van der Waals surface area contributed by atoms with Crippen LogP contribution in [-0.4, -0.2) is 36.3 Å². The fourth-order valence-electron chi connectivity index (χ4n) is 2.73. The van der Waals surface area contributed by atoms with Gasteiger partial charge in [-0.1, -0.05) is 0 Å². The molecule has 2 aromatic rings. The summed E-state index contributed by atoms with van der Waals surface area (Å²) in [6.07, 6.45) is 4.60. The van der Waals surface area contributed by atoms with Crippen LogP contribution in [0.5, 0.6) is 0 Å².